The molecule has 0 saturated heterocycles. The molecule has 0 fully saturated rings. The lowest BCUT2D eigenvalue weighted by atomic mass is 9.98. The first-order valence-electron chi connectivity index (χ1n) is 6.57. The number of hydrogen-bond acceptors (Lipinski definition) is 3. The van der Waals surface area contributed by atoms with Crippen molar-refractivity contribution in [1.82, 2.24) is 10.3 Å². The van der Waals surface area contributed by atoms with E-state index < -0.39 is 0 Å². The highest BCUT2D eigenvalue weighted by Gasteiger charge is 2.22. The SMILES string of the molecule is CCCNC(C1=COCCC1)c1ncc(Cl)cc1Cl. The van der Waals surface area contributed by atoms with E-state index in [1.807, 2.05) is 6.26 Å². The van der Waals surface area contributed by atoms with Crippen molar-refractivity contribution in [3.63, 3.8) is 0 Å². The Labute approximate surface area is 124 Å². The van der Waals surface area contributed by atoms with Crippen molar-refractivity contribution in [1.29, 1.82) is 0 Å². The van der Waals surface area contributed by atoms with Crippen LogP contribution in [-0.2, 0) is 4.74 Å². The van der Waals surface area contributed by atoms with E-state index in [-0.39, 0.29) is 6.04 Å². The molecule has 0 amide bonds. The average molecular weight is 301 g/mol. The van der Waals surface area contributed by atoms with Crippen molar-refractivity contribution in [2.24, 2.45) is 0 Å². The second-order valence-corrected chi connectivity index (χ2v) is 5.42. The van der Waals surface area contributed by atoms with Gasteiger partial charge in [-0.3, -0.25) is 4.98 Å². The Bertz CT molecular complexity index is 463. The quantitative estimate of drug-likeness (QED) is 0.888. The largest absolute Gasteiger partial charge is 0.501 e. The Morgan fingerprint density at radius 3 is 2.95 bits per heavy atom. The fraction of sp³-hybridized carbons (Fsp3) is 0.500. The van der Waals surface area contributed by atoms with E-state index in [0.29, 0.717) is 10.0 Å². The Morgan fingerprint density at radius 1 is 1.47 bits per heavy atom. The minimum Gasteiger partial charge on any atom is -0.501 e. The number of pyridine rings is 1. The lowest BCUT2D eigenvalue weighted by molar-refractivity contribution is 0.219. The highest BCUT2D eigenvalue weighted by atomic mass is 35.5. The smallest absolute Gasteiger partial charge is 0.0876 e. The summed E-state index contributed by atoms with van der Waals surface area (Å²) in [6.45, 7) is 3.82. The number of rotatable bonds is 5. The van der Waals surface area contributed by atoms with Gasteiger partial charge >= 0.3 is 0 Å². The van der Waals surface area contributed by atoms with Gasteiger partial charge in [0.05, 0.1) is 34.6 Å². The van der Waals surface area contributed by atoms with Crippen LogP contribution < -0.4 is 5.32 Å². The highest BCUT2D eigenvalue weighted by Crippen LogP contribution is 2.31. The van der Waals surface area contributed by atoms with E-state index in [2.05, 4.69) is 17.2 Å². The maximum absolute atomic E-state index is 6.27. The third-order valence-electron chi connectivity index (χ3n) is 3.04. The van der Waals surface area contributed by atoms with Crippen molar-refractivity contribution < 1.29 is 4.74 Å². The third kappa shape index (κ3) is 3.85. The Kier molecular flexibility index (Phi) is 5.49. The molecule has 0 aromatic carbocycles. The van der Waals surface area contributed by atoms with E-state index in [9.17, 15) is 0 Å². The number of nitrogens with one attached hydrogen (secondary N) is 1. The van der Waals surface area contributed by atoms with Gasteiger partial charge in [-0.25, -0.2) is 0 Å². The molecule has 1 atom stereocenters. The third-order valence-corrected chi connectivity index (χ3v) is 3.55. The molecular formula is C14H18Cl2N2O. The lowest BCUT2D eigenvalue weighted by Crippen LogP contribution is -2.26. The molecule has 0 radical (unpaired) electrons. The van der Waals surface area contributed by atoms with Gasteiger partial charge in [0.1, 0.15) is 0 Å². The average Bonchev–Trinajstić information content (AvgIpc) is 2.42. The standard InChI is InChI=1S/C14H18Cl2N2O/c1-2-5-17-13(10-4-3-6-19-9-10)14-12(16)7-11(15)8-18-14/h7-9,13,17H,2-6H2,1H3. The van der Waals surface area contributed by atoms with Crippen LogP contribution in [0.4, 0.5) is 0 Å². The first-order valence-corrected chi connectivity index (χ1v) is 7.33. The van der Waals surface area contributed by atoms with Gasteiger partial charge in [-0.2, -0.15) is 0 Å². The summed E-state index contributed by atoms with van der Waals surface area (Å²) in [7, 11) is 0. The number of ether oxygens (including phenoxy) is 1. The van der Waals surface area contributed by atoms with Crippen molar-refractivity contribution in [2.75, 3.05) is 13.2 Å². The number of hydrogen-bond donors (Lipinski definition) is 1. The van der Waals surface area contributed by atoms with Gasteiger partial charge in [-0.15, -0.1) is 0 Å². The van der Waals surface area contributed by atoms with E-state index in [0.717, 1.165) is 38.1 Å². The monoisotopic (exact) mass is 300 g/mol. The van der Waals surface area contributed by atoms with Crippen LogP contribution in [0.1, 0.15) is 37.9 Å². The summed E-state index contributed by atoms with van der Waals surface area (Å²) >= 11 is 12.2. The van der Waals surface area contributed by atoms with Crippen LogP contribution in [0, 0.1) is 0 Å². The van der Waals surface area contributed by atoms with Crippen molar-refractivity contribution in [2.45, 2.75) is 32.2 Å². The van der Waals surface area contributed by atoms with Crippen LogP contribution >= 0.6 is 23.2 Å². The second-order valence-electron chi connectivity index (χ2n) is 4.57. The van der Waals surface area contributed by atoms with E-state index in [4.69, 9.17) is 27.9 Å². The molecule has 1 aromatic rings. The summed E-state index contributed by atoms with van der Waals surface area (Å²) in [6.07, 6.45) is 6.55. The summed E-state index contributed by atoms with van der Waals surface area (Å²) in [5, 5.41) is 4.62. The van der Waals surface area contributed by atoms with E-state index in [1.54, 1.807) is 12.3 Å². The van der Waals surface area contributed by atoms with E-state index in [1.165, 1.54) is 5.57 Å². The highest BCUT2D eigenvalue weighted by molar-refractivity contribution is 6.34. The van der Waals surface area contributed by atoms with Crippen LogP contribution in [0.15, 0.2) is 24.1 Å². The minimum absolute atomic E-state index is 0.00465. The van der Waals surface area contributed by atoms with Crippen LogP contribution in [0.5, 0.6) is 0 Å². The number of halogens is 2. The first-order chi connectivity index (χ1) is 9.22. The van der Waals surface area contributed by atoms with Gasteiger partial charge in [0, 0.05) is 6.20 Å². The van der Waals surface area contributed by atoms with Gasteiger partial charge in [-0.1, -0.05) is 30.1 Å². The zero-order valence-corrected chi connectivity index (χ0v) is 12.5. The summed E-state index contributed by atoms with van der Waals surface area (Å²) in [5.41, 5.74) is 2.01. The topological polar surface area (TPSA) is 34.1 Å². The predicted molar refractivity (Wildman–Crippen MR) is 78.6 cm³/mol. The summed E-state index contributed by atoms with van der Waals surface area (Å²) in [6, 6.07) is 1.74. The van der Waals surface area contributed by atoms with Crippen molar-refractivity contribution in [3.05, 3.63) is 39.8 Å². The molecule has 1 aliphatic heterocycles. The second kappa shape index (κ2) is 7.13. The zero-order valence-electron chi connectivity index (χ0n) is 11.0. The van der Waals surface area contributed by atoms with Crippen molar-refractivity contribution >= 4 is 23.2 Å². The van der Waals surface area contributed by atoms with Gasteiger partial charge in [0.15, 0.2) is 0 Å². The molecule has 1 aliphatic rings. The lowest BCUT2D eigenvalue weighted by Gasteiger charge is -2.24. The molecule has 3 nitrogen and oxygen atoms in total. The molecule has 2 rings (SSSR count). The fourth-order valence-electron chi connectivity index (χ4n) is 2.13. The summed E-state index contributed by atoms with van der Waals surface area (Å²) in [5.74, 6) is 0. The van der Waals surface area contributed by atoms with Gasteiger partial charge in [0.25, 0.3) is 0 Å². The molecule has 1 N–H and O–H groups in total. The maximum Gasteiger partial charge on any atom is 0.0876 e. The molecule has 104 valence electrons. The predicted octanol–water partition coefficient (Wildman–Crippen LogP) is 4.12. The van der Waals surface area contributed by atoms with E-state index >= 15 is 0 Å². The Hall–Kier alpha value is -0.770. The molecule has 1 unspecified atom stereocenters. The van der Waals surface area contributed by atoms with Gasteiger partial charge in [-0.05, 0) is 37.4 Å². The van der Waals surface area contributed by atoms with Crippen LogP contribution in [0.3, 0.4) is 0 Å². The molecular weight excluding hydrogens is 283 g/mol. The number of nitrogens with zero attached hydrogens (tertiary/aromatic N) is 1. The summed E-state index contributed by atoms with van der Waals surface area (Å²) < 4.78 is 5.43. The normalized spacial score (nSPS) is 16.7. The number of aromatic nitrogens is 1. The molecule has 1 aromatic heterocycles. The molecule has 0 bridgehead atoms. The zero-order chi connectivity index (χ0) is 13.7. The van der Waals surface area contributed by atoms with Crippen LogP contribution in [-0.4, -0.2) is 18.1 Å². The summed E-state index contributed by atoms with van der Waals surface area (Å²) in [4.78, 5) is 4.38. The first kappa shape index (κ1) is 14.6. The van der Waals surface area contributed by atoms with Crippen LogP contribution in [0.2, 0.25) is 10.0 Å². The minimum atomic E-state index is 0.00465. The maximum atomic E-state index is 6.27. The Morgan fingerprint density at radius 2 is 2.32 bits per heavy atom. The Balaban J connectivity index is 2.27. The fourth-order valence-corrected chi connectivity index (χ4v) is 2.62. The molecule has 5 heteroatoms. The molecule has 2 heterocycles. The van der Waals surface area contributed by atoms with Gasteiger partial charge < -0.3 is 10.1 Å². The molecule has 0 saturated carbocycles. The van der Waals surface area contributed by atoms with Gasteiger partial charge in [0.2, 0.25) is 0 Å². The molecule has 0 spiro atoms. The molecule has 19 heavy (non-hydrogen) atoms. The molecule has 0 aliphatic carbocycles. The van der Waals surface area contributed by atoms with Crippen LogP contribution in [0.25, 0.3) is 0 Å². The van der Waals surface area contributed by atoms with Crippen molar-refractivity contribution in [3.8, 4) is 0 Å².